The highest BCUT2D eigenvalue weighted by Crippen LogP contribution is 2.23. The Kier molecular flexibility index (Phi) is 3.74. The van der Waals surface area contributed by atoms with Gasteiger partial charge < -0.3 is 0 Å². The molecule has 0 radical (unpaired) electrons. The van der Waals surface area contributed by atoms with E-state index in [-0.39, 0.29) is 4.90 Å². The van der Waals surface area contributed by atoms with E-state index in [1.54, 1.807) is 19.1 Å². The Morgan fingerprint density at radius 2 is 2.10 bits per heavy atom. The Morgan fingerprint density at radius 1 is 1.29 bits per heavy atom. The Balaban J connectivity index is 1.95. The number of nitrogens with zero attached hydrogens (tertiary/aromatic N) is 3. The van der Waals surface area contributed by atoms with Gasteiger partial charge in [0.15, 0.2) is 0 Å². The van der Waals surface area contributed by atoms with E-state index in [1.807, 2.05) is 12.3 Å². The van der Waals surface area contributed by atoms with Crippen molar-refractivity contribution in [3.05, 3.63) is 34.3 Å². The van der Waals surface area contributed by atoms with Crippen LogP contribution < -0.4 is 4.72 Å². The molecule has 3 rings (SSSR count). The maximum atomic E-state index is 12.5. The molecule has 0 saturated carbocycles. The second kappa shape index (κ2) is 5.41. The number of hydrogen-bond donors (Lipinski definition) is 1. The van der Waals surface area contributed by atoms with Gasteiger partial charge in [0, 0.05) is 5.38 Å². The predicted molar refractivity (Wildman–Crippen MR) is 83.0 cm³/mol. The lowest BCUT2D eigenvalue weighted by Gasteiger charge is -2.12. The van der Waals surface area contributed by atoms with Gasteiger partial charge in [-0.15, -0.1) is 11.3 Å². The lowest BCUT2D eigenvalue weighted by Crippen LogP contribution is -2.27. The minimum absolute atomic E-state index is 0.146. The van der Waals surface area contributed by atoms with E-state index in [0.717, 1.165) is 16.7 Å². The van der Waals surface area contributed by atoms with Crippen LogP contribution in [0.25, 0.3) is 11.0 Å². The molecule has 1 N–H and O–H groups in total. The molecule has 1 unspecified atom stereocenters. The number of nitrogens with one attached hydrogen (secondary N) is 1. The number of benzene rings is 1. The minimum atomic E-state index is -3.68. The van der Waals surface area contributed by atoms with Gasteiger partial charge in [0.25, 0.3) is 0 Å². The fourth-order valence-corrected chi connectivity index (χ4v) is 4.62. The predicted octanol–water partition coefficient (Wildman–Crippen LogP) is 2.50. The van der Waals surface area contributed by atoms with Crippen LogP contribution in [0, 0.1) is 6.92 Å². The van der Waals surface area contributed by atoms with Crippen molar-refractivity contribution < 1.29 is 8.42 Å². The van der Waals surface area contributed by atoms with Gasteiger partial charge in [0.05, 0.1) is 28.5 Å². The van der Waals surface area contributed by atoms with Crippen LogP contribution in [0.5, 0.6) is 0 Å². The highest BCUT2D eigenvalue weighted by Gasteiger charge is 2.23. The largest absolute Gasteiger partial charge is 0.245 e. The molecule has 0 fully saturated rings. The molecule has 0 saturated heterocycles. The third-order valence-corrected chi connectivity index (χ3v) is 5.86. The number of thiazole rings is 1. The first-order valence-electron chi connectivity index (χ1n) is 6.13. The molecule has 0 bridgehead atoms. The summed E-state index contributed by atoms with van der Waals surface area (Å²) in [5, 5.41) is 2.76. The summed E-state index contributed by atoms with van der Waals surface area (Å²) >= 11 is 2.49. The molecule has 2 aromatic heterocycles. The molecule has 0 aliphatic rings. The zero-order chi connectivity index (χ0) is 15.0. The molecule has 110 valence electrons. The first-order valence-corrected chi connectivity index (χ1v) is 9.22. The minimum Gasteiger partial charge on any atom is -0.245 e. The summed E-state index contributed by atoms with van der Waals surface area (Å²) in [6, 6.07) is 4.54. The fraction of sp³-hybridized carbons (Fsp3) is 0.250. The van der Waals surface area contributed by atoms with Crippen molar-refractivity contribution in [2.75, 3.05) is 0 Å². The van der Waals surface area contributed by atoms with Gasteiger partial charge in [-0.05, 0) is 26.0 Å². The lowest BCUT2D eigenvalue weighted by atomic mass is 10.3. The van der Waals surface area contributed by atoms with Gasteiger partial charge in [-0.1, -0.05) is 6.07 Å². The first kappa shape index (κ1) is 14.5. The van der Waals surface area contributed by atoms with Crippen molar-refractivity contribution in [2.24, 2.45) is 0 Å². The van der Waals surface area contributed by atoms with Crippen molar-refractivity contribution in [1.29, 1.82) is 0 Å². The number of sulfonamides is 1. The second-order valence-corrected chi connectivity index (χ2v) is 7.80. The molecule has 0 spiro atoms. The fourth-order valence-electron chi connectivity index (χ4n) is 1.93. The molecule has 1 aromatic carbocycles. The highest BCUT2D eigenvalue weighted by molar-refractivity contribution is 7.89. The highest BCUT2D eigenvalue weighted by atomic mass is 32.2. The molecule has 0 aliphatic heterocycles. The smallest absolute Gasteiger partial charge is 0.243 e. The lowest BCUT2D eigenvalue weighted by molar-refractivity contribution is 0.565. The normalized spacial score (nSPS) is 13.6. The first-order chi connectivity index (χ1) is 9.97. The van der Waals surface area contributed by atoms with E-state index in [9.17, 15) is 8.42 Å². The van der Waals surface area contributed by atoms with E-state index in [4.69, 9.17) is 0 Å². The van der Waals surface area contributed by atoms with Crippen LogP contribution in [-0.2, 0) is 10.0 Å². The number of aryl methyl sites for hydroxylation is 1. The number of hydrogen-bond acceptors (Lipinski definition) is 7. The zero-order valence-electron chi connectivity index (χ0n) is 11.3. The summed E-state index contributed by atoms with van der Waals surface area (Å²) in [6.45, 7) is 3.66. The standard InChI is InChI=1S/C12H12N4O2S3/c1-7(10-6-19-8(2)13-10)16-21(17,18)11-5-3-4-9-12(11)15-20-14-9/h3-7,16H,1-2H3. The third kappa shape index (κ3) is 2.82. The van der Waals surface area contributed by atoms with Crippen LogP contribution in [0.15, 0.2) is 28.5 Å². The molecule has 3 aromatic rings. The average Bonchev–Trinajstić information content (AvgIpc) is 3.05. The van der Waals surface area contributed by atoms with E-state index >= 15 is 0 Å². The van der Waals surface area contributed by atoms with Gasteiger partial charge in [0.2, 0.25) is 10.0 Å². The van der Waals surface area contributed by atoms with Crippen molar-refractivity contribution in [2.45, 2.75) is 24.8 Å². The molecule has 21 heavy (non-hydrogen) atoms. The quantitative estimate of drug-likeness (QED) is 0.789. The van der Waals surface area contributed by atoms with Gasteiger partial charge >= 0.3 is 0 Å². The van der Waals surface area contributed by atoms with Crippen molar-refractivity contribution in [3.8, 4) is 0 Å². The summed E-state index contributed by atoms with van der Waals surface area (Å²) < 4.78 is 35.8. The molecular formula is C12H12N4O2S3. The molecule has 6 nitrogen and oxygen atoms in total. The van der Waals surface area contributed by atoms with Gasteiger partial charge in [-0.3, -0.25) is 0 Å². The topological polar surface area (TPSA) is 84.8 Å². The maximum absolute atomic E-state index is 12.5. The molecular weight excluding hydrogens is 328 g/mol. The van der Waals surface area contributed by atoms with E-state index in [0.29, 0.717) is 16.7 Å². The summed E-state index contributed by atoms with van der Waals surface area (Å²) in [7, 11) is -3.68. The SMILES string of the molecule is Cc1nc(C(C)NS(=O)(=O)c2cccc3nsnc23)cs1. The van der Waals surface area contributed by atoms with Crippen molar-refractivity contribution in [3.63, 3.8) is 0 Å². The molecule has 1 atom stereocenters. The Morgan fingerprint density at radius 3 is 2.81 bits per heavy atom. The Labute approximate surface area is 130 Å². The zero-order valence-corrected chi connectivity index (χ0v) is 13.7. The van der Waals surface area contributed by atoms with E-state index in [2.05, 4.69) is 18.5 Å². The van der Waals surface area contributed by atoms with Crippen LogP contribution in [0.2, 0.25) is 0 Å². The van der Waals surface area contributed by atoms with E-state index in [1.165, 1.54) is 17.4 Å². The maximum Gasteiger partial charge on any atom is 0.243 e. The van der Waals surface area contributed by atoms with Crippen LogP contribution >= 0.6 is 23.1 Å². The van der Waals surface area contributed by atoms with Crippen LogP contribution in [-0.4, -0.2) is 22.1 Å². The van der Waals surface area contributed by atoms with Crippen LogP contribution in [0.1, 0.15) is 23.7 Å². The van der Waals surface area contributed by atoms with Crippen molar-refractivity contribution >= 4 is 44.1 Å². The number of rotatable bonds is 4. The number of fused-ring (bicyclic) bond motifs is 1. The third-order valence-electron chi connectivity index (χ3n) is 2.95. The molecule has 9 heteroatoms. The second-order valence-electron chi connectivity index (χ2n) is 4.52. The summed E-state index contributed by atoms with van der Waals surface area (Å²) in [5.74, 6) is 0. The molecule has 0 aliphatic carbocycles. The van der Waals surface area contributed by atoms with Crippen molar-refractivity contribution in [1.82, 2.24) is 18.5 Å². The van der Waals surface area contributed by atoms with Gasteiger partial charge in [-0.25, -0.2) is 18.1 Å². The average molecular weight is 340 g/mol. The van der Waals surface area contributed by atoms with Crippen LogP contribution in [0.3, 0.4) is 0 Å². The van der Waals surface area contributed by atoms with Gasteiger partial charge in [-0.2, -0.15) is 8.75 Å². The van der Waals surface area contributed by atoms with Crippen LogP contribution in [0.4, 0.5) is 0 Å². The van der Waals surface area contributed by atoms with E-state index < -0.39 is 16.1 Å². The Bertz CT molecular complexity index is 885. The molecule has 2 heterocycles. The van der Waals surface area contributed by atoms with Gasteiger partial charge in [0.1, 0.15) is 15.9 Å². The monoisotopic (exact) mass is 340 g/mol. The summed E-state index contributed by atoms with van der Waals surface area (Å²) in [6.07, 6.45) is 0. The Hall–Kier alpha value is -1.42. The summed E-state index contributed by atoms with van der Waals surface area (Å²) in [4.78, 5) is 4.45. The molecule has 0 amide bonds. The summed E-state index contributed by atoms with van der Waals surface area (Å²) in [5.41, 5.74) is 1.70. The number of aromatic nitrogens is 3.